The van der Waals surface area contributed by atoms with Crippen molar-refractivity contribution in [3.8, 4) is 11.3 Å². The highest BCUT2D eigenvalue weighted by Crippen LogP contribution is 2.18. The van der Waals surface area contributed by atoms with E-state index in [0.29, 0.717) is 13.2 Å². The van der Waals surface area contributed by atoms with Crippen molar-refractivity contribution in [1.29, 1.82) is 0 Å². The van der Waals surface area contributed by atoms with Gasteiger partial charge in [0.2, 0.25) is 0 Å². The quantitative estimate of drug-likeness (QED) is 0.929. The van der Waals surface area contributed by atoms with Gasteiger partial charge in [0.05, 0.1) is 24.9 Å². The van der Waals surface area contributed by atoms with Crippen LogP contribution in [0.1, 0.15) is 5.56 Å². The van der Waals surface area contributed by atoms with Crippen LogP contribution in [0.15, 0.2) is 48.7 Å². The number of ether oxygens (including phenoxy) is 1. The number of halogens is 1. The standard InChI is InChI=1S/C16H17FN2O/c17-14-10-20-11-16(14)19-9-12-4-3-5-13(8-12)15-6-1-2-7-18-15/h1-8,14,16,19H,9-11H2/t14-,16+/m1/s1. The van der Waals surface area contributed by atoms with Crippen molar-refractivity contribution in [2.24, 2.45) is 0 Å². The van der Waals surface area contributed by atoms with Crippen LogP contribution in [0.2, 0.25) is 0 Å². The van der Waals surface area contributed by atoms with Crippen LogP contribution in [0, 0.1) is 0 Å². The van der Waals surface area contributed by atoms with Gasteiger partial charge in [0.15, 0.2) is 0 Å². The first-order chi connectivity index (χ1) is 9.83. The number of aromatic nitrogens is 1. The second-order valence-electron chi connectivity index (χ2n) is 4.96. The molecule has 2 heterocycles. The maximum absolute atomic E-state index is 13.4. The first kappa shape index (κ1) is 13.2. The molecule has 1 saturated heterocycles. The summed E-state index contributed by atoms with van der Waals surface area (Å²) in [5.74, 6) is 0. The Morgan fingerprint density at radius 3 is 2.90 bits per heavy atom. The van der Waals surface area contributed by atoms with E-state index in [0.717, 1.165) is 16.8 Å². The molecule has 1 aromatic heterocycles. The second kappa shape index (κ2) is 6.11. The van der Waals surface area contributed by atoms with Gasteiger partial charge in [-0.2, -0.15) is 0 Å². The molecule has 3 rings (SSSR count). The van der Waals surface area contributed by atoms with Crippen molar-refractivity contribution in [3.63, 3.8) is 0 Å². The molecule has 0 amide bonds. The average Bonchev–Trinajstić information content (AvgIpc) is 2.92. The lowest BCUT2D eigenvalue weighted by Gasteiger charge is -2.13. The van der Waals surface area contributed by atoms with E-state index in [9.17, 15) is 4.39 Å². The minimum atomic E-state index is -0.908. The second-order valence-corrected chi connectivity index (χ2v) is 4.96. The van der Waals surface area contributed by atoms with Crippen molar-refractivity contribution in [3.05, 3.63) is 54.2 Å². The van der Waals surface area contributed by atoms with Crippen LogP contribution in [0.5, 0.6) is 0 Å². The molecule has 3 nitrogen and oxygen atoms in total. The van der Waals surface area contributed by atoms with E-state index in [2.05, 4.69) is 16.4 Å². The van der Waals surface area contributed by atoms with Crippen LogP contribution in [-0.4, -0.2) is 30.4 Å². The summed E-state index contributed by atoms with van der Waals surface area (Å²) >= 11 is 0. The van der Waals surface area contributed by atoms with Crippen molar-refractivity contribution in [1.82, 2.24) is 10.3 Å². The lowest BCUT2D eigenvalue weighted by molar-refractivity contribution is 0.172. The van der Waals surface area contributed by atoms with E-state index >= 15 is 0 Å². The third-order valence-corrected chi connectivity index (χ3v) is 3.47. The Labute approximate surface area is 117 Å². The Kier molecular flexibility index (Phi) is 4.04. The number of benzene rings is 1. The van der Waals surface area contributed by atoms with Gasteiger partial charge in [-0.05, 0) is 23.8 Å². The predicted octanol–water partition coefficient (Wildman–Crippen LogP) is 2.58. The molecule has 1 aromatic carbocycles. The highest BCUT2D eigenvalue weighted by atomic mass is 19.1. The summed E-state index contributed by atoms with van der Waals surface area (Å²) in [6, 6.07) is 13.8. The summed E-state index contributed by atoms with van der Waals surface area (Å²) in [4.78, 5) is 4.34. The Balaban J connectivity index is 1.68. The molecule has 0 bridgehead atoms. The number of nitrogens with zero attached hydrogens (tertiary/aromatic N) is 1. The Morgan fingerprint density at radius 1 is 1.20 bits per heavy atom. The maximum Gasteiger partial charge on any atom is 0.141 e. The summed E-state index contributed by atoms with van der Waals surface area (Å²) in [5.41, 5.74) is 3.14. The number of alkyl halides is 1. The molecule has 1 N–H and O–H groups in total. The van der Waals surface area contributed by atoms with Gasteiger partial charge in [-0.1, -0.05) is 24.3 Å². The van der Waals surface area contributed by atoms with Crippen LogP contribution in [0.25, 0.3) is 11.3 Å². The lowest BCUT2D eigenvalue weighted by Crippen LogP contribution is -2.36. The fourth-order valence-corrected chi connectivity index (χ4v) is 2.34. The number of hydrogen-bond donors (Lipinski definition) is 1. The van der Waals surface area contributed by atoms with Crippen LogP contribution < -0.4 is 5.32 Å². The van der Waals surface area contributed by atoms with Gasteiger partial charge >= 0.3 is 0 Å². The van der Waals surface area contributed by atoms with Gasteiger partial charge in [-0.3, -0.25) is 4.98 Å². The minimum absolute atomic E-state index is 0.200. The molecule has 4 heteroatoms. The third-order valence-electron chi connectivity index (χ3n) is 3.47. The molecule has 104 valence electrons. The van der Waals surface area contributed by atoms with Crippen LogP contribution in [0.4, 0.5) is 4.39 Å². The number of nitrogens with one attached hydrogen (secondary N) is 1. The topological polar surface area (TPSA) is 34.1 Å². The molecule has 0 unspecified atom stereocenters. The molecule has 1 aliphatic heterocycles. The largest absolute Gasteiger partial charge is 0.377 e. The summed E-state index contributed by atoms with van der Waals surface area (Å²) in [5, 5.41) is 3.21. The Morgan fingerprint density at radius 2 is 2.15 bits per heavy atom. The zero-order chi connectivity index (χ0) is 13.8. The van der Waals surface area contributed by atoms with Crippen molar-refractivity contribution < 1.29 is 9.13 Å². The molecule has 0 saturated carbocycles. The third kappa shape index (κ3) is 3.03. The minimum Gasteiger partial charge on any atom is -0.377 e. The first-order valence-electron chi connectivity index (χ1n) is 6.78. The predicted molar refractivity (Wildman–Crippen MR) is 76.0 cm³/mol. The van der Waals surface area contributed by atoms with Gasteiger partial charge in [0.1, 0.15) is 6.17 Å². The van der Waals surface area contributed by atoms with Crippen LogP contribution in [-0.2, 0) is 11.3 Å². The fourth-order valence-electron chi connectivity index (χ4n) is 2.34. The molecule has 1 aliphatic rings. The SMILES string of the molecule is F[C@@H]1COC[C@@H]1NCc1cccc(-c2ccccn2)c1. The zero-order valence-corrected chi connectivity index (χ0v) is 11.1. The van der Waals surface area contributed by atoms with Crippen molar-refractivity contribution in [2.45, 2.75) is 18.8 Å². The molecule has 0 spiro atoms. The zero-order valence-electron chi connectivity index (χ0n) is 11.1. The molecule has 0 radical (unpaired) electrons. The number of hydrogen-bond acceptors (Lipinski definition) is 3. The molecule has 0 aliphatic carbocycles. The summed E-state index contributed by atoms with van der Waals surface area (Å²) < 4.78 is 18.5. The summed E-state index contributed by atoms with van der Waals surface area (Å²) in [6.07, 6.45) is 0.873. The molecule has 2 atom stereocenters. The van der Waals surface area contributed by atoms with Crippen molar-refractivity contribution in [2.75, 3.05) is 13.2 Å². The molecule has 20 heavy (non-hydrogen) atoms. The average molecular weight is 272 g/mol. The van der Waals surface area contributed by atoms with E-state index in [-0.39, 0.29) is 12.6 Å². The van der Waals surface area contributed by atoms with Gasteiger partial charge in [0.25, 0.3) is 0 Å². The fraction of sp³-hybridized carbons (Fsp3) is 0.312. The summed E-state index contributed by atoms with van der Waals surface area (Å²) in [6.45, 7) is 1.28. The lowest BCUT2D eigenvalue weighted by atomic mass is 10.1. The molecule has 1 fully saturated rings. The van der Waals surface area contributed by atoms with Gasteiger partial charge < -0.3 is 10.1 Å². The smallest absolute Gasteiger partial charge is 0.141 e. The molecular weight excluding hydrogens is 255 g/mol. The van der Waals surface area contributed by atoms with E-state index in [1.807, 2.05) is 36.4 Å². The van der Waals surface area contributed by atoms with E-state index in [1.54, 1.807) is 6.20 Å². The number of rotatable bonds is 4. The van der Waals surface area contributed by atoms with E-state index in [4.69, 9.17) is 4.74 Å². The maximum atomic E-state index is 13.4. The monoisotopic (exact) mass is 272 g/mol. The van der Waals surface area contributed by atoms with Gasteiger partial charge in [-0.25, -0.2) is 4.39 Å². The highest BCUT2D eigenvalue weighted by molar-refractivity contribution is 5.59. The van der Waals surface area contributed by atoms with Gasteiger partial charge in [-0.15, -0.1) is 0 Å². The molecule has 2 aromatic rings. The molecular formula is C16H17FN2O. The van der Waals surface area contributed by atoms with Crippen molar-refractivity contribution >= 4 is 0 Å². The first-order valence-corrected chi connectivity index (χ1v) is 6.78. The Bertz CT molecular complexity index is 561. The summed E-state index contributed by atoms with van der Waals surface area (Å²) in [7, 11) is 0. The van der Waals surface area contributed by atoms with Gasteiger partial charge in [0, 0.05) is 18.3 Å². The highest BCUT2D eigenvalue weighted by Gasteiger charge is 2.27. The normalized spacial score (nSPS) is 22.1. The van der Waals surface area contributed by atoms with E-state index in [1.165, 1.54) is 0 Å². The number of pyridine rings is 1. The van der Waals surface area contributed by atoms with Crippen LogP contribution >= 0.6 is 0 Å². The Hall–Kier alpha value is -1.78. The van der Waals surface area contributed by atoms with Crippen LogP contribution in [0.3, 0.4) is 0 Å². The van der Waals surface area contributed by atoms with E-state index < -0.39 is 6.17 Å².